The van der Waals surface area contributed by atoms with Gasteiger partial charge in [-0.3, -0.25) is 4.79 Å². The van der Waals surface area contributed by atoms with Crippen molar-refractivity contribution in [3.8, 4) is 11.5 Å². The quantitative estimate of drug-likeness (QED) is 0.623. The van der Waals surface area contributed by atoms with Crippen LogP contribution in [0.15, 0.2) is 60.7 Å². The van der Waals surface area contributed by atoms with E-state index in [4.69, 9.17) is 9.47 Å². The highest BCUT2D eigenvalue weighted by Crippen LogP contribution is 2.30. The Balaban J connectivity index is 1.91. The zero-order valence-corrected chi connectivity index (χ0v) is 13.0. The molecule has 3 rings (SSSR count). The predicted molar refractivity (Wildman–Crippen MR) is 91.3 cm³/mol. The van der Waals surface area contributed by atoms with Crippen LogP contribution in [0.4, 0.5) is 0 Å². The van der Waals surface area contributed by atoms with Crippen molar-refractivity contribution in [2.24, 2.45) is 0 Å². The first-order valence-electron chi connectivity index (χ1n) is 7.63. The van der Waals surface area contributed by atoms with Crippen molar-refractivity contribution in [2.75, 3.05) is 6.61 Å². The number of aldehydes is 1. The van der Waals surface area contributed by atoms with Crippen LogP contribution in [0, 0.1) is 0 Å². The van der Waals surface area contributed by atoms with Gasteiger partial charge in [0.15, 0.2) is 6.29 Å². The van der Waals surface area contributed by atoms with Crippen molar-refractivity contribution in [3.63, 3.8) is 0 Å². The summed E-state index contributed by atoms with van der Waals surface area (Å²) < 4.78 is 11.3. The van der Waals surface area contributed by atoms with Crippen LogP contribution in [0.25, 0.3) is 10.8 Å². The maximum atomic E-state index is 11.6. The fourth-order valence-corrected chi connectivity index (χ4v) is 2.55. The molecule has 0 saturated heterocycles. The molecule has 3 aromatic carbocycles. The monoisotopic (exact) mass is 306 g/mol. The van der Waals surface area contributed by atoms with E-state index in [1.165, 1.54) is 0 Å². The molecule has 0 aliphatic rings. The molecule has 0 amide bonds. The summed E-state index contributed by atoms with van der Waals surface area (Å²) in [4.78, 5) is 11.6. The SMILES string of the molecule is CCOc1ccc2c(C=O)c(OCc3ccccc3)ccc2c1. The second kappa shape index (κ2) is 6.97. The van der Waals surface area contributed by atoms with Gasteiger partial charge in [0.2, 0.25) is 0 Å². The molecule has 0 radical (unpaired) electrons. The number of carbonyl (C=O) groups is 1. The van der Waals surface area contributed by atoms with Crippen LogP contribution in [0.5, 0.6) is 11.5 Å². The van der Waals surface area contributed by atoms with Crippen LogP contribution in [0.2, 0.25) is 0 Å². The minimum Gasteiger partial charge on any atom is -0.494 e. The van der Waals surface area contributed by atoms with Gasteiger partial charge in [-0.1, -0.05) is 36.4 Å². The molecule has 116 valence electrons. The number of fused-ring (bicyclic) bond motifs is 1. The third-order valence-corrected chi connectivity index (χ3v) is 3.66. The van der Waals surface area contributed by atoms with Gasteiger partial charge in [-0.2, -0.15) is 0 Å². The zero-order chi connectivity index (χ0) is 16.1. The van der Waals surface area contributed by atoms with Crippen LogP contribution in [0.3, 0.4) is 0 Å². The lowest BCUT2D eigenvalue weighted by Crippen LogP contribution is -1.99. The molecule has 0 aromatic heterocycles. The van der Waals surface area contributed by atoms with Crippen molar-refractivity contribution in [1.29, 1.82) is 0 Å². The molecular formula is C20H18O3. The minimum absolute atomic E-state index is 0.435. The highest BCUT2D eigenvalue weighted by Gasteiger charge is 2.09. The van der Waals surface area contributed by atoms with E-state index in [1.807, 2.05) is 67.6 Å². The summed E-state index contributed by atoms with van der Waals surface area (Å²) in [5, 5.41) is 1.83. The van der Waals surface area contributed by atoms with Crippen LogP contribution < -0.4 is 9.47 Å². The highest BCUT2D eigenvalue weighted by atomic mass is 16.5. The average molecular weight is 306 g/mol. The van der Waals surface area contributed by atoms with Crippen molar-refractivity contribution < 1.29 is 14.3 Å². The first kappa shape index (κ1) is 15.1. The van der Waals surface area contributed by atoms with Crippen molar-refractivity contribution in [1.82, 2.24) is 0 Å². The minimum atomic E-state index is 0.435. The molecule has 0 spiro atoms. The van der Waals surface area contributed by atoms with Crippen molar-refractivity contribution >= 4 is 17.1 Å². The lowest BCUT2D eigenvalue weighted by molar-refractivity contribution is 0.112. The molecular weight excluding hydrogens is 288 g/mol. The van der Waals surface area contributed by atoms with Crippen LogP contribution in [0.1, 0.15) is 22.8 Å². The standard InChI is InChI=1S/C20H18O3/c1-2-22-17-9-10-18-16(12-17)8-11-20(19(18)13-21)23-14-15-6-4-3-5-7-15/h3-13H,2,14H2,1H3. The molecule has 3 heteroatoms. The van der Waals surface area contributed by atoms with E-state index in [1.54, 1.807) is 0 Å². The maximum absolute atomic E-state index is 11.6. The van der Waals surface area contributed by atoms with E-state index < -0.39 is 0 Å². The predicted octanol–water partition coefficient (Wildman–Crippen LogP) is 4.63. The fourth-order valence-electron chi connectivity index (χ4n) is 2.55. The number of hydrogen-bond donors (Lipinski definition) is 0. The van der Waals surface area contributed by atoms with E-state index >= 15 is 0 Å². The van der Waals surface area contributed by atoms with Gasteiger partial charge in [-0.15, -0.1) is 0 Å². The molecule has 0 aliphatic heterocycles. The first-order valence-corrected chi connectivity index (χ1v) is 7.63. The Kier molecular flexibility index (Phi) is 4.57. The lowest BCUT2D eigenvalue weighted by atomic mass is 10.0. The van der Waals surface area contributed by atoms with Crippen LogP contribution in [-0.4, -0.2) is 12.9 Å². The Hall–Kier alpha value is -2.81. The van der Waals surface area contributed by atoms with E-state index in [-0.39, 0.29) is 0 Å². The second-order valence-electron chi connectivity index (χ2n) is 5.19. The van der Waals surface area contributed by atoms with Gasteiger partial charge < -0.3 is 9.47 Å². The third kappa shape index (κ3) is 3.34. The maximum Gasteiger partial charge on any atom is 0.154 e. The molecule has 0 aliphatic carbocycles. The molecule has 3 aromatic rings. The molecule has 0 atom stereocenters. The normalized spacial score (nSPS) is 10.5. The summed E-state index contributed by atoms with van der Waals surface area (Å²) in [5.41, 5.74) is 1.64. The Labute approximate surface area is 135 Å². The molecule has 3 nitrogen and oxygen atoms in total. The van der Waals surface area contributed by atoms with Gasteiger partial charge >= 0.3 is 0 Å². The topological polar surface area (TPSA) is 35.5 Å². The van der Waals surface area contributed by atoms with E-state index in [0.717, 1.165) is 28.4 Å². The molecule has 0 heterocycles. The highest BCUT2D eigenvalue weighted by molar-refractivity contribution is 6.01. The summed E-state index contributed by atoms with van der Waals surface area (Å²) in [5.74, 6) is 1.40. The number of rotatable bonds is 6. The van der Waals surface area contributed by atoms with E-state index in [0.29, 0.717) is 24.5 Å². The van der Waals surface area contributed by atoms with Gasteiger partial charge in [-0.05, 0) is 47.5 Å². The zero-order valence-electron chi connectivity index (χ0n) is 13.0. The number of benzene rings is 3. The molecule has 0 bridgehead atoms. The van der Waals surface area contributed by atoms with Crippen molar-refractivity contribution in [2.45, 2.75) is 13.5 Å². The Morgan fingerprint density at radius 3 is 2.52 bits per heavy atom. The lowest BCUT2D eigenvalue weighted by Gasteiger charge is -2.12. The van der Waals surface area contributed by atoms with E-state index in [2.05, 4.69) is 0 Å². The van der Waals surface area contributed by atoms with Crippen LogP contribution >= 0.6 is 0 Å². The number of ether oxygens (including phenoxy) is 2. The van der Waals surface area contributed by atoms with Crippen molar-refractivity contribution in [3.05, 3.63) is 71.8 Å². The largest absolute Gasteiger partial charge is 0.494 e. The average Bonchev–Trinajstić information content (AvgIpc) is 2.60. The van der Waals surface area contributed by atoms with E-state index in [9.17, 15) is 4.79 Å². The molecule has 0 fully saturated rings. The van der Waals surface area contributed by atoms with Gasteiger partial charge in [-0.25, -0.2) is 0 Å². The molecule has 0 unspecified atom stereocenters. The summed E-state index contributed by atoms with van der Waals surface area (Å²) >= 11 is 0. The Bertz CT molecular complexity index is 810. The summed E-state index contributed by atoms with van der Waals surface area (Å²) in [6, 6.07) is 19.4. The third-order valence-electron chi connectivity index (χ3n) is 3.66. The molecule has 23 heavy (non-hydrogen) atoms. The smallest absolute Gasteiger partial charge is 0.154 e. The fraction of sp³-hybridized carbons (Fsp3) is 0.150. The van der Waals surface area contributed by atoms with Gasteiger partial charge in [0.25, 0.3) is 0 Å². The second-order valence-corrected chi connectivity index (χ2v) is 5.19. The molecule has 0 N–H and O–H groups in total. The van der Waals surface area contributed by atoms with Crippen LogP contribution in [-0.2, 0) is 6.61 Å². The summed E-state index contributed by atoms with van der Waals surface area (Å²) in [6.45, 7) is 3.00. The first-order chi connectivity index (χ1) is 11.3. The number of carbonyl (C=O) groups excluding carboxylic acids is 1. The Morgan fingerprint density at radius 2 is 1.78 bits per heavy atom. The van der Waals surface area contributed by atoms with Gasteiger partial charge in [0, 0.05) is 0 Å². The summed E-state index contributed by atoms with van der Waals surface area (Å²) in [7, 11) is 0. The Morgan fingerprint density at radius 1 is 0.957 bits per heavy atom. The number of hydrogen-bond acceptors (Lipinski definition) is 3. The summed E-state index contributed by atoms with van der Waals surface area (Å²) in [6.07, 6.45) is 0.850. The molecule has 0 saturated carbocycles. The van der Waals surface area contributed by atoms with Gasteiger partial charge in [0.1, 0.15) is 18.1 Å². The van der Waals surface area contributed by atoms with Gasteiger partial charge in [0.05, 0.1) is 12.2 Å².